The molecular formula is C14H11BrClN5. The second-order valence-corrected chi connectivity index (χ2v) is 5.76. The van der Waals surface area contributed by atoms with Crippen LogP contribution in [0.25, 0.3) is 0 Å². The highest BCUT2D eigenvalue weighted by atomic mass is 79.9. The smallest absolute Gasteiger partial charge is 0.227 e. The van der Waals surface area contributed by atoms with E-state index in [9.17, 15) is 0 Å². The van der Waals surface area contributed by atoms with Crippen molar-refractivity contribution in [2.75, 3.05) is 5.32 Å². The molecule has 0 amide bonds. The minimum Gasteiger partial charge on any atom is -0.321 e. The zero-order valence-corrected chi connectivity index (χ0v) is 13.2. The van der Waals surface area contributed by atoms with E-state index in [1.54, 1.807) is 18.6 Å². The molecular weight excluding hydrogens is 354 g/mol. The summed E-state index contributed by atoms with van der Waals surface area (Å²) in [6.07, 6.45) is 7.02. The molecule has 0 atom stereocenters. The predicted octanol–water partition coefficient (Wildman–Crippen LogP) is 3.88. The van der Waals surface area contributed by atoms with Crippen molar-refractivity contribution in [3.8, 4) is 0 Å². The summed E-state index contributed by atoms with van der Waals surface area (Å²) < 4.78 is 2.68. The van der Waals surface area contributed by atoms with Crippen molar-refractivity contribution in [1.82, 2.24) is 19.7 Å². The van der Waals surface area contributed by atoms with Gasteiger partial charge in [0.05, 0.1) is 22.9 Å². The predicted molar refractivity (Wildman–Crippen MR) is 85.8 cm³/mol. The highest BCUT2D eigenvalue weighted by Gasteiger charge is 2.02. The molecule has 0 aliphatic carbocycles. The van der Waals surface area contributed by atoms with Crippen LogP contribution in [0.2, 0.25) is 5.02 Å². The van der Waals surface area contributed by atoms with Crippen molar-refractivity contribution >= 4 is 39.2 Å². The molecule has 0 bridgehead atoms. The van der Waals surface area contributed by atoms with Gasteiger partial charge >= 0.3 is 0 Å². The van der Waals surface area contributed by atoms with E-state index in [1.807, 2.05) is 35.1 Å². The van der Waals surface area contributed by atoms with Gasteiger partial charge in [-0.25, -0.2) is 9.97 Å². The summed E-state index contributed by atoms with van der Waals surface area (Å²) in [6.45, 7) is 0.681. The summed E-state index contributed by atoms with van der Waals surface area (Å²) in [5.74, 6) is 0.532. The van der Waals surface area contributed by atoms with Gasteiger partial charge < -0.3 is 5.32 Å². The van der Waals surface area contributed by atoms with Crippen LogP contribution in [0.1, 0.15) is 5.56 Å². The molecule has 106 valence electrons. The first-order chi connectivity index (χ1) is 10.2. The second kappa shape index (κ2) is 6.24. The van der Waals surface area contributed by atoms with Crippen LogP contribution < -0.4 is 5.32 Å². The van der Waals surface area contributed by atoms with Crippen LogP contribution in [-0.2, 0) is 6.54 Å². The zero-order chi connectivity index (χ0) is 14.7. The molecule has 21 heavy (non-hydrogen) atoms. The molecule has 0 saturated heterocycles. The van der Waals surface area contributed by atoms with Gasteiger partial charge in [-0.15, -0.1) is 0 Å². The lowest BCUT2D eigenvalue weighted by molar-refractivity contribution is 0.687. The first-order valence-electron chi connectivity index (χ1n) is 6.20. The number of hydrogen-bond acceptors (Lipinski definition) is 4. The molecule has 1 N–H and O–H groups in total. The summed E-state index contributed by atoms with van der Waals surface area (Å²) >= 11 is 9.17. The number of aromatic nitrogens is 4. The fourth-order valence-electron chi connectivity index (χ4n) is 1.80. The molecule has 0 spiro atoms. The topological polar surface area (TPSA) is 55.6 Å². The molecule has 3 rings (SSSR count). The number of benzene rings is 1. The Hall–Kier alpha value is -1.92. The number of halogens is 2. The van der Waals surface area contributed by atoms with Crippen LogP contribution in [0.3, 0.4) is 0 Å². The third kappa shape index (κ3) is 3.80. The van der Waals surface area contributed by atoms with Crippen LogP contribution in [0, 0.1) is 0 Å². The van der Waals surface area contributed by atoms with Crippen molar-refractivity contribution in [3.05, 3.63) is 64.1 Å². The van der Waals surface area contributed by atoms with Gasteiger partial charge in [0.2, 0.25) is 5.95 Å². The fourth-order valence-corrected chi connectivity index (χ4v) is 2.13. The summed E-state index contributed by atoms with van der Waals surface area (Å²) in [4.78, 5) is 8.31. The van der Waals surface area contributed by atoms with Crippen molar-refractivity contribution in [2.24, 2.45) is 0 Å². The maximum Gasteiger partial charge on any atom is 0.227 e. The molecule has 2 aromatic heterocycles. The first kappa shape index (κ1) is 14.0. The molecule has 0 aliphatic rings. The van der Waals surface area contributed by atoms with Gasteiger partial charge in [-0.3, -0.25) is 4.68 Å². The van der Waals surface area contributed by atoms with Gasteiger partial charge in [0, 0.05) is 23.6 Å². The Morgan fingerprint density at radius 2 is 1.81 bits per heavy atom. The third-order valence-electron chi connectivity index (χ3n) is 2.77. The van der Waals surface area contributed by atoms with Crippen molar-refractivity contribution in [1.29, 1.82) is 0 Å². The van der Waals surface area contributed by atoms with Gasteiger partial charge in [0.25, 0.3) is 0 Å². The van der Waals surface area contributed by atoms with Gasteiger partial charge in [-0.2, -0.15) is 5.10 Å². The Balaban J connectivity index is 1.68. The van der Waals surface area contributed by atoms with Crippen LogP contribution in [0.5, 0.6) is 0 Å². The Bertz CT molecular complexity index is 662. The van der Waals surface area contributed by atoms with Gasteiger partial charge in [0.15, 0.2) is 0 Å². The van der Waals surface area contributed by atoms with Crippen LogP contribution >= 0.6 is 27.5 Å². The Labute approximate surface area is 135 Å². The van der Waals surface area contributed by atoms with Crippen LogP contribution in [-0.4, -0.2) is 19.7 Å². The van der Waals surface area contributed by atoms with Gasteiger partial charge in [-0.05, 0) is 33.6 Å². The lowest BCUT2D eigenvalue weighted by atomic mass is 10.2. The third-order valence-corrected chi connectivity index (χ3v) is 3.43. The Morgan fingerprint density at radius 3 is 2.52 bits per heavy atom. The summed E-state index contributed by atoms with van der Waals surface area (Å²) in [6, 6.07) is 7.70. The van der Waals surface area contributed by atoms with Crippen molar-refractivity contribution in [3.63, 3.8) is 0 Å². The summed E-state index contributed by atoms with van der Waals surface area (Å²) in [7, 11) is 0. The lowest BCUT2D eigenvalue weighted by Crippen LogP contribution is -1.99. The van der Waals surface area contributed by atoms with E-state index in [4.69, 9.17) is 11.6 Å². The van der Waals surface area contributed by atoms with E-state index in [-0.39, 0.29) is 0 Å². The monoisotopic (exact) mass is 363 g/mol. The maximum absolute atomic E-state index is 5.87. The molecule has 3 aromatic rings. The van der Waals surface area contributed by atoms with Gasteiger partial charge in [-0.1, -0.05) is 23.7 Å². The molecule has 0 unspecified atom stereocenters. The standard InChI is InChI=1S/C14H11BrClN5/c15-11-5-17-14(18-6-11)20-13-7-19-21(9-13)8-10-1-3-12(16)4-2-10/h1-7,9H,8H2,(H,17,18,20). The Morgan fingerprint density at radius 1 is 1.10 bits per heavy atom. The quantitative estimate of drug-likeness (QED) is 0.763. The summed E-state index contributed by atoms with van der Waals surface area (Å²) in [5.41, 5.74) is 1.97. The normalized spacial score (nSPS) is 10.6. The second-order valence-electron chi connectivity index (χ2n) is 4.40. The SMILES string of the molecule is Clc1ccc(Cn2cc(Nc3ncc(Br)cn3)cn2)cc1. The van der Waals surface area contributed by atoms with Crippen molar-refractivity contribution in [2.45, 2.75) is 6.54 Å². The minimum atomic E-state index is 0.532. The molecule has 0 radical (unpaired) electrons. The first-order valence-corrected chi connectivity index (χ1v) is 7.37. The molecule has 0 saturated carbocycles. The molecule has 2 heterocycles. The maximum atomic E-state index is 5.87. The Kier molecular flexibility index (Phi) is 4.17. The number of rotatable bonds is 4. The minimum absolute atomic E-state index is 0.532. The summed E-state index contributed by atoms with van der Waals surface area (Å²) in [5, 5.41) is 8.13. The molecule has 0 fully saturated rings. The number of hydrogen-bond donors (Lipinski definition) is 1. The van der Waals surface area contributed by atoms with E-state index >= 15 is 0 Å². The molecule has 7 heteroatoms. The average molecular weight is 365 g/mol. The van der Waals surface area contributed by atoms with E-state index in [0.717, 1.165) is 20.7 Å². The molecule has 0 aliphatic heterocycles. The zero-order valence-electron chi connectivity index (χ0n) is 10.9. The van der Waals surface area contributed by atoms with E-state index < -0.39 is 0 Å². The number of anilines is 2. The lowest BCUT2D eigenvalue weighted by Gasteiger charge is -2.02. The number of nitrogens with one attached hydrogen (secondary N) is 1. The van der Waals surface area contributed by atoms with E-state index in [0.29, 0.717) is 12.5 Å². The highest BCUT2D eigenvalue weighted by molar-refractivity contribution is 9.10. The average Bonchev–Trinajstić information content (AvgIpc) is 2.91. The largest absolute Gasteiger partial charge is 0.321 e. The van der Waals surface area contributed by atoms with Crippen molar-refractivity contribution < 1.29 is 0 Å². The molecule has 1 aromatic carbocycles. The van der Waals surface area contributed by atoms with E-state index in [2.05, 4.69) is 36.3 Å². The fraction of sp³-hybridized carbons (Fsp3) is 0.0714. The highest BCUT2D eigenvalue weighted by Crippen LogP contribution is 2.15. The van der Waals surface area contributed by atoms with Crippen LogP contribution in [0.15, 0.2) is 53.5 Å². The molecule has 5 nitrogen and oxygen atoms in total. The number of nitrogens with zero attached hydrogens (tertiary/aromatic N) is 4. The van der Waals surface area contributed by atoms with E-state index in [1.165, 1.54) is 0 Å². The van der Waals surface area contributed by atoms with Gasteiger partial charge in [0.1, 0.15) is 0 Å². The van der Waals surface area contributed by atoms with Crippen LogP contribution in [0.4, 0.5) is 11.6 Å².